The molecule has 1 fully saturated rings. The van der Waals surface area contributed by atoms with E-state index in [1.165, 1.54) is 26.2 Å². The second kappa shape index (κ2) is 15.7. The number of benzene rings is 2. The van der Waals surface area contributed by atoms with Gasteiger partial charge in [0.2, 0.25) is 10.0 Å². The van der Waals surface area contributed by atoms with Gasteiger partial charge in [0.05, 0.1) is 11.1 Å². The molecule has 0 bridgehead atoms. The second-order valence-electron chi connectivity index (χ2n) is 11.2. The summed E-state index contributed by atoms with van der Waals surface area (Å²) in [6.45, 7) is -1.41. The molecule has 256 valence electrons. The Balaban J connectivity index is 0.00000576. The number of ether oxygens (including phenoxy) is 3. The molecule has 0 aromatic heterocycles. The van der Waals surface area contributed by atoms with Gasteiger partial charge >= 0.3 is 6.18 Å². The van der Waals surface area contributed by atoms with E-state index in [0.29, 0.717) is 32.5 Å². The molecule has 16 heteroatoms. The first kappa shape index (κ1) is 37.4. The number of Topliss-reactive ketones (excluding diaryl/α,β-unsaturated/α-hetero) is 1. The van der Waals surface area contributed by atoms with E-state index in [2.05, 4.69) is 0 Å². The zero-order chi connectivity index (χ0) is 32.9. The van der Waals surface area contributed by atoms with Crippen molar-refractivity contribution in [3.05, 3.63) is 58.4 Å². The van der Waals surface area contributed by atoms with Gasteiger partial charge in [-0.3, -0.25) is 9.69 Å². The quantitative estimate of drug-likeness (QED) is 0.256. The second-order valence-corrected chi connectivity index (χ2v) is 13.3. The van der Waals surface area contributed by atoms with Crippen molar-refractivity contribution in [1.82, 2.24) is 9.21 Å². The smallest absolute Gasteiger partial charge is 0.419 e. The SMILES string of the molecule is CN(C)S(=O)(=O)CC(=O)[C@@H]1CCCN(CC2=Cc3c(F)cc(OCc4ccc(OC(CF)CF)c(C(F)(F)F)c4)cc3OC2)C1.Cl. The number of hydrogen-bond acceptors (Lipinski definition) is 7. The highest BCUT2D eigenvalue weighted by atomic mass is 35.5. The number of fused-ring (bicyclic) bond motifs is 1. The van der Waals surface area contributed by atoms with Gasteiger partial charge in [-0.05, 0) is 48.7 Å². The molecule has 0 N–H and O–H groups in total. The van der Waals surface area contributed by atoms with Gasteiger partial charge in [-0.15, -0.1) is 12.4 Å². The Bertz CT molecular complexity index is 1520. The Kier molecular flexibility index (Phi) is 12.8. The van der Waals surface area contributed by atoms with Crippen molar-refractivity contribution >= 4 is 34.3 Å². The van der Waals surface area contributed by atoms with E-state index in [0.717, 1.165) is 28.1 Å². The van der Waals surface area contributed by atoms with E-state index in [9.17, 15) is 35.2 Å². The number of alkyl halides is 5. The summed E-state index contributed by atoms with van der Waals surface area (Å²) < 4.78 is 123. The first-order valence-corrected chi connectivity index (χ1v) is 15.7. The van der Waals surface area contributed by atoms with Crippen molar-refractivity contribution < 1.29 is 53.8 Å². The summed E-state index contributed by atoms with van der Waals surface area (Å²) in [7, 11) is -0.904. The molecule has 2 heterocycles. The molecule has 4 rings (SSSR count). The lowest BCUT2D eigenvalue weighted by molar-refractivity contribution is -0.139. The summed E-state index contributed by atoms with van der Waals surface area (Å²) in [5.41, 5.74) is -0.253. The summed E-state index contributed by atoms with van der Waals surface area (Å²) >= 11 is 0. The zero-order valence-corrected chi connectivity index (χ0v) is 26.8. The van der Waals surface area contributed by atoms with Crippen LogP contribution in [0.1, 0.15) is 29.5 Å². The number of nitrogens with zero attached hydrogens (tertiary/aromatic N) is 2. The number of likely N-dealkylation sites (tertiary alicyclic amines) is 1. The van der Waals surface area contributed by atoms with Crippen molar-refractivity contribution in [1.29, 1.82) is 0 Å². The average molecular weight is 701 g/mol. The fraction of sp³-hybridized carbons (Fsp3) is 0.500. The molecule has 1 atom stereocenters. The summed E-state index contributed by atoms with van der Waals surface area (Å²) in [5.74, 6) is -2.53. The monoisotopic (exact) mass is 700 g/mol. The Labute approximate surface area is 269 Å². The summed E-state index contributed by atoms with van der Waals surface area (Å²) in [4.78, 5) is 14.7. The van der Waals surface area contributed by atoms with Crippen LogP contribution in [0.15, 0.2) is 35.9 Å². The standard InChI is InChI=1S/C30H34F6N2O6S.ClH/c1-37(2)45(40,41)18-27(39)21-4-3-7-38(15-21)14-20-8-24-26(33)10-22(11-29(24)43-17-20)42-16-19-5-6-28(44-23(12-31)13-32)25(9-19)30(34,35)36;/h5-6,8-11,21,23H,3-4,7,12-18H2,1-2H3;1H/t21-;/m1./s1. The van der Waals surface area contributed by atoms with E-state index in [-0.39, 0.29) is 54.0 Å². The van der Waals surface area contributed by atoms with Gasteiger partial charge in [-0.2, -0.15) is 13.2 Å². The topological polar surface area (TPSA) is 85.4 Å². The molecule has 0 radical (unpaired) electrons. The molecule has 0 spiro atoms. The van der Waals surface area contributed by atoms with Crippen molar-refractivity contribution in [2.45, 2.75) is 31.7 Å². The number of sulfonamides is 1. The van der Waals surface area contributed by atoms with Crippen LogP contribution in [-0.2, 0) is 27.6 Å². The number of piperidine rings is 1. The van der Waals surface area contributed by atoms with Crippen LogP contribution in [0.3, 0.4) is 0 Å². The number of carbonyl (C=O) groups is 1. The van der Waals surface area contributed by atoms with Crippen molar-refractivity contribution in [2.75, 3.05) is 59.4 Å². The Morgan fingerprint density at radius 3 is 2.52 bits per heavy atom. The third-order valence-corrected chi connectivity index (χ3v) is 9.25. The Hall–Kier alpha value is -3.01. The summed E-state index contributed by atoms with van der Waals surface area (Å²) in [5, 5.41) is 0. The normalized spacial score (nSPS) is 17.2. The molecule has 2 aromatic carbocycles. The molecule has 0 aliphatic carbocycles. The third kappa shape index (κ3) is 9.52. The number of ketones is 1. The van der Waals surface area contributed by atoms with Gasteiger partial charge in [0.25, 0.3) is 0 Å². The Morgan fingerprint density at radius 1 is 1.15 bits per heavy atom. The number of hydrogen-bond donors (Lipinski definition) is 0. The first-order valence-electron chi connectivity index (χ1n) is 14.1. The van der Waals surface area contributed by atoms with Crippen LogP contribution in [0, 0.1) is 11.7 Å². The molecule has 2 aliphatic heterocycles. The molecule has 8 nitrogen and oxygen atoms in total. The highest BCUT2D eigenvalue weighted by molar-refractivity contribution is 7.89. The predicted octanol–water partition coefficient (Wildman–Crippen LogP) is 5.48. The van der Waals surface area contributed by atoms with Gasteiger partial charge < -0.3 is 14.2 Å². The molecule has 0 unspecified atom stereocenters. The molecule has 0 saturated carbocycles. The van der Waals surface area contributed by atoms with E-state index in [1.807, 2.05) is 4.90 Å². The van der Waals surface area contributed by atoms with Crippen LogP contribution in [0.2, 0.25) is 0 Å². The van der Waals surface area contributed by atoms with Gasteiger partial charge in [0.15, 0.2) is 11.9 Å². The van der Waals surface area contributed by atoms with E-state index in [4.69, 9.17) is 14.2 Å². The lowest BCUT2D eigenvalue weighted by atomic mass is 9.94. The van der Waals surface area contributed by atoms with Crippen molar-refractivity contribution in [2.24, 2.45) is 5.92 Å². The van der Waals surface area contributed by atoms with Gasteiger partial charge in [0.1, 0.15) is 55.4 Å². The number of rotatable bonds is 13. The lowest BCUT2D eigenvalue weighted by Crippen LogP contribution is -2.42. The third-order valence-electron chi connectivity index (χ3n) is 7.49. The minimum absolute atomic E-state index is 0. The maximum atomic E-state index is 15.1. The molecule has 46 heavy (non-hydrogen) atoms. The maximum Gasteiger partial charge on any atom is 0.419 e. The maximum absolute atomic E-state index is 15.1. The molecule has 0 amide bonds. The summed E-state index contributed by atoms with van der Waals surface area (Å²) in [6.07, 6.45) is -3.61. The fourth-order valence-electron chi connectivity index (χ4n) is 5.04. The van der Waals surface area contributed by atoms with Crippen LogP contribution in [0.5, 0.6) is 17.2 Å². The van der Waals surface area contributed by atoms with Crippen LogP contribution in [0.25, 0.3) is 6.08 Å². The van der Waals surface area contributed by atoms with Crippen molar-refractivity contribution in [3.8, 4) is 17.2 Å². The van der Waals surface area contributed by atoms with Crippen molar-refractivity contribution in [3.63, 3.8) is 0 Å². The lowest BCUT2D eigenvalue weighted by Gasteiger charge is -2.33. The van der Waals surface area contributed by atoms with Crippen LogP contribution in [0.4, 0.5) is 26.3 Å². The highest BCUT2D eigenvalue weighted by Gasteiger charge is 2.36. The van der Waals surface area contributed by atoms with Crippen LogP contribution < -0.4 is 14.2 Å². The predicted molar refractivity (Wildman–Crippen MR) is 161 cm³/mol. The van der Waals surface area contributed by atoms with Gasteiger partial charge in [-0.1, -0.05) is 6.07 Å². The summed E-state index contributed by atoms with van der Waals surface area (Å²) in [6, 6.07) is 5.44. The Morgan fingerprint density at radius 2 is 1.87 bits per heavy atom. The molecular formula is C30H35ClF6N2O6S. The van der Waals surface area contributed by atoms with Crippen LogP contribution >= 0.6 is 12.4 Å². The molecule has 2 aromatic rings. The number of halogens is 7. The largest absolute Gasteiger partial charge is 0.489 e. The van der Waals surface area contributed by atoms with E-state index < -0.39 is 64.5 Å². The van der Waals surface area contributed by atoms with E-state index in [1.54, 1.807) is 6.08 Å². The van der Waals surface area contributed by atoms with E-state index >= 15 is 4.39 Å². The minimum atomic E-state index is -4.87. The zero-order valence-electron chi connectivity index (χ0n) is 25.1. The first-order chi connectivity index (χ1) is 21.2. The minimum Gasteiger partial charge on any atom is -0.489 e. The van der Waals surface area contributed by atoms with Gasteiger partial charge in [0, 0.05) is 45.2 Å². The van der Waals surface area contributed by atoms with Crippen LogP contribution in [-0.4, -0.2) is 88.9 Å². The molecule has 2 aliphatic rings. The number of carbonyl (C=O) groups excluding carboxylic acids is 1. The fourth-order valence-corrected chi connectivity index (χ4v) is 5.89. The average Bonchev–Trinajstić information content (AvgIpc) is 2.98. The highest BCUT2D eigenvalue weighted by Crippen LogP contribution is 2.38. The molecule has 1 saturated heterocycles. The van der Waals surface area contributed by atoms with Gasteiger partial charge in [-0.25, -0.2) is 25.9 Å². The molecular weight excluding hydrogens is 666 g/mol.